The second-order valence-corrected chi connectivity index (χ2v) is 6.23. The Balaban J connectivity index is 1.66. The molecule has 2 aromatic heterocycles. The van der Waals surface area contributed by atoms with Crippen molar-refractivity contribution in [2.45, 2.75) is 38.7 Å². The molecule has 1 fully saturated rings. The van der Waals surface area contributed by atoms with Crippen LogP contribution in [-0.4, -0.2) is 49.6 Å². The van der Waals surface area contributed by atoms with E-state index in [-0.39, 0.29) is 12.0 Å². The van der Waals surface area contributed by atoms with Gasteiger partial charge in [-0.2, -0.15) is 0 Å². The van der Waals surface area contributed by atoms with Gasteiger partial charge in [0.15, 0.2) is 0 Å². The van der Waals surface area contributed by atoms with Gasteiger partial charge in [-0.3, -0.25) is 9.78 Å². The zero-order chi connectivity index (χ0) is 16.1. The van der Waals surface area contributed by atoms with Gasteiger partial charge in [-0.1, -0.05) is 17.8 Å². The number of rotatable bonds is 5. The number of carbonyl (C=O) groups is 1. The molecule has 3 rings (SSSR count). The Hall–Kier alpha value is -2.09. The first-order chi connectivity index (χ1) is 11.3. The molecule has 0 N–H and O–H groups in total. The maximum Gasteiger partial charge on any atom is 0.267 e. The quantitative estimate of drug-likeness (QED) is 0.832. The molecule has 23 heavy (non-hydrogen) atoms. The van der Waals surface area contributed by atoms with E-state index in [1.54, 1.807) is 18.6 Å². The van der Waals surface area contributed by atoms with E-state index in [2.05, 4.69) is 26.5 Å². The maximum absolute atomic E-state index is 12.7. The number of likely N-dealkylation sites (tertiary alicyclic amines) is 1. The van der Waals surface area contributed by atoms with Crippen molar-refractivity contribution in [1.29, 1.82) is 0 Å². The molecule has 2 aromatic rings. The molecule has 122 valence electrons. The molecule has 1 saturated heterocycles. The highest BCUT2D eigenvalue weighted by Gasteiger charge is 2.28. The Bertz CT molecular complexity index is 648. The molecule has 7 nitrogen and oxygen atoms in total. The second-order valence-electron chi connectivity index (χ2n) is 5.48. The molecule has 1 aliphatic heterocycles. The molecule has 0 unspecified atom stereocenters. The second kappa shape index (κ2) is 7.45. The largest absolute Gasteiger partial charge is 0.471 e. The minimum absolute atomic E-state index is 0.0101. The van der Waals surface area contributed by atoms with Gasteiger partial charge < -0.3 is 9.64 Å². The van der Waals surface area contributed by atoms with E-state index >= 15 is 0 Å². The highest BCUT2D eigenvalue weighted by atomic mass is 32.1. The van der Waals surface area contributed by atoms with Gasteiger partial charge in [0.05, 0.1) is 18.4 Å². The van der Waals surface area contributed by atoms with Gasteiger partial charge in [0.1, 0.15) is 11.0 Å². The molecule has 1 atom stereocenters. The highest BCUT2D eigenvalue weighted by molar-refractivity contribution is 7.08. The monoisotopic (exact) mass is 333 g/mol. The van der Waals surface area contributed by atoms with Crippen molar-refractivity contribution < 1.29 is 9.53 Å². The zero-order valence-electron chi connectivity index (χ0n) is 13.0. The fourth-order valence-corrected chi connectivity index (χ4v) is 3.33. The number of nitrogens with zero attached hydrogens (tertiary/aromatic N) is 5. The van der Waals surface area contributed by atoms with E-state index < -0.39 is 0 Å². The van der Waals surface area contributed by atoms with E-state index in [4.69, 9.17) is 4.74 Å². The third-order valence-electron chi connectivity index (χ3n) is 3.73. The van der Waals surface area contributed by atoms with Crippen LogP contribution in [-0.2, 0) is 6.42 Å². The lowest BCUT2D eigenvalue weighted by Gasteiger charge is -2.32. The number of piperidine rings is 1. The molecule has 0 bridgehead atoms. The van der Waals surface area contributed by atoms with Gasteiger partial charge in [0.2, 0.25) is 5.88 Å². The van der Waals surface area contributed by atoms with Crippen LogP contribution in [0, 0.1) is 0 Å². The predicted octanol–water partition coefficient (Wildman–Crippen LogP) is 1.96. The summed E-state index contributed by atoms with van der Waals surface area (Å²) in [4.78, 5) is 23.3. The fourth-order valence-electron chi connectivity index (χ4n) is 2.65. The Morgan fingerprint density at radius 1 is 1.48 bits per heavy atom. The van der Waals surface area contributed by atoms with Crippen molar-refractivity contribution in [3.05, 3.63) is 29.2 Å². The fraction of sp³-hybridized carbons (Fsp3) is 0.533. The van der Waals surface area contributed by atoms with Crippen LogP contribution in [0.4, 0.5) is 0 Å². The third-order valence-corrected chi connectivity index (χ3v) is 4.49. The number of hydrogen-bond acceptors (Lipinski definition) is 7. The Labute approximate surface area is 138 Å². The average Bonchev–Trinajstić information content (AvgIpc) is 3.04. The van der Waals surface area contributed by atoms with Crippen molar-refractivity contribution in [1.82, 2.24) is 24.5 Å². The minimum Gasteiger partial charge on any atom is -0.471 e. The van der Waals surface area contributed by atoms with E-state index in [9.17, 15) is 4.79 Å². The summed E-state index contributed by atoms with van der Waals surface area (Å²) in [5.74, 6) is 0.508. The number of aryl methyl sites for hydroxylation is 1. The van der Waals surface area contributed by atoms with Crippen molar-refractivity contribution in [3.8, 4) is 5.88 Å². The van der Waals surface area contributed by atoms with E-state index in [0.717, 1.165) is 37.9 Å². The van der Waals surface area contributed by atoms with Crippen LogP contribution in [0.1, 0.15) is 41.6 Å². The Morgan fingerprint density at radius 3 is 3.17 bits per heavy atom. The Morgan fingerprint density at radius 2 is 2.39 bits per heavy atom. The summed E-state index contributed by atoms with van der Waals surface area (Å²) >= 11 is 1.18. The number of hydrogen-bond donors (Lipinski definition) is 0. The first-order valence-electron chi connectivity index (χ1n) is 7.81. The van der Waals surface area contributed by atoms with Gasteiger partial charge in [-0.15, -0.1) is 5.10 Å². The van der Waals surface area contributed by atoms with Crippen LogP contribution in [0.15, 0.2) is 18.6 Å². The summed E-state index contributed by atoms with van der Waals surface area (Å²) in [6.07, 6.45) is 8.29. The lowest BCUT2D eigenvalue weighted by molar-refractivity contribution is 0.0530. The number of ether oxygens (including phenoxy) is 1. The summed E-state index contributed by atoms with van der Waals surface area (Å²) in [5, 5.41) is 4.08. The normalized spacial score (nSPS) is 18.0. The van der Waals surface area contributed by atoms with Crippen LogP contribution >= 0.6 is 11.5 Å². The molecule has 0 radical (unpaired) electrons. The van der Waals surface area contributed by atoms with Crippen molar-refractivity contribution >= 4 is 17.4 Å². The van der Waals surface area contributed by atoms with E-state index in [0.29, 0.717) is 17.3 Å². The molecular formula is C15H19N5O2S. The number of amides is 1. The van der Waals surface area contributed by atoms with Crippen molar-refractivity contribution in [2.75, 3.05) is 13.1 Å². The molecule has 1 aliphatic rings. The summed E-state index contributed by atoms with van der Waals surface area (Å²) in [6, 6.07) is 0. The van der Waals surface area contributed by atoms with Gasteiger partial charge in [0, 0.05) is 18.9 Å². The van der Waals surface area contributed by atoms with Gasteiger partial charge in [-0.05, 0) is 30.8 Å². The van der Waals surface area contributed by atoms with E-state index in [1.165, 1.54) is 11.5 Å². The van der Waals surface area contributed by atoms with Crippen LogP contribution in [0.5, 0.6) is 5.88 Å². The minimum atomic E-state index is -0.0556. The molecule has 0 aromatic carbocycles. The molecule has 8 heteroatoms. The van der Waals surface area contributed by atoms with Crippen molar-refractivity contribution in [2.24, 2.45) is 0 Å². The molecule has 0 saturated carbocycles. The lowest BCUT2D eigenvalue weighted by atomic mass is 10.1. The molecule has 3 heterocycles. The first kappa shape index (κ1) is 15.8. The molecular weight excluding hydrogens is 314 g/mol. The number of carbonyl (C=O) groups excluding carboxylic acids is 1. The maximum atomic E-state index is 12.7. The van der Waals surface area contributed by atoms with Crippen LogP contribution in [0.3, 0.4) is 0 Å². The topological polar surface area (TPSA) is 81.1 Å². The summed E-state index contributed by atoms with van der Waals surface area (Å²) in [7, 11) is 0. The zero-order valence-corrected chi connectivity index (χ0v) is 13.8. The number of aromatic nitrogens is 4. The third kappa shape index (κ3) is 3.82. The summed E-state index contributed by atoms with van der Waals surface area (Å²) in [6.45, 7) is 3.36. The SMILES string of the molecule is CCCc1nnsc1C(=O)N1CCC[C@H](Oc2cnccn2)C1. The van der Waals surface area contributed by atoms with Crippen molar-refractivity contribution in [3.63, 3.8) is 0 Å². The van der Waals surface area contributed by atoms with Crippen LogP contribution < -0.4 is 4.74 Å². The van der Waals surface area contributed by atoms with Crippen LogP contribution in [0.25, 0.3) is 0 Å². The van der Waals surface area contributed by atoms with Gasteiger partial charge >= 0.3 is 0 Å². The van der Waals surface area contributed by atoms with Crippen LogP contribution in [0.2, 0.25) is 0 Å². The Kier molecular flexibility index (Phi) is 5.12. The highest BCUT2D eigenvalue weighted by Crippen LogP contribution is 2.21. The molecule has 0 aliphatic carbocycles. The average molecular weight is 333 g/mol. The van der Waals surface area contributed by atoms with E-state index in [1.807, 2.05) is 4.90 Å². The summed E-state index contributed by atoms with van der Waals surface area (Å²) < 4.78 is 9.77. The summed E-state index contributed by atoms with van der Waals surface area (Å²) in [5.41, 5.74) is 0.805. The van der Waals surface area contributed by atoms with Gasteiger partial charge in [-0.25, -0.2) is 4.98 Å². The molecule has 0 spiro atoms. The van der Waals surface area contributed by atoms with Gasteiger partial charge in [0.25, 0.3) is 5.91 Å². The predicted molar refractivity (Wildman–Crippen MR) is 85.5 cm³/mol. The smallest absolute Gasteiger partial charge is 0.267 e. The standard InChI is InChI=1S/C15H19N5O2S/c1-2-4-12-14(23-19-18-12)15(21)20-8-3-5-11(10-20)22-13-9-16-6-7-17-13/h6-7,9,11H,2-5,8,10H2,1H3/t11-/m0/s1. The first-order valence-corrected chi connectivity index (χ1v) is 8.58. The lowest BCUT2D eigenvalue weighted by Crippen LogP contribution is -2.44. The molecule has 1 amide bonds.